The maximum absolute atomic E-state index is 12.7. The first-order valence-corrected chi connectivity index (χ1v) is 7.67. The van der Waals surface area contributed by atoms with Crippen molar-refractivity contribution < 1.29 is 19.4 Å². The SMILES string of the molecule is Cc1ccccc1C(C)N(C)C(=O)c1cccc(OCC(=O)O)c1. The molecule has 0 bridgehead atoms. The molecule has 0 saturated heterocycles. The third-order valence-electron chi connectivity index (χ3n) is 3.98. The van der Waals surface area contributed by atoms with Gasteiger partial charge in [0.1, 0.15) is 5.75 Å². The van der Waals surface area contributed by atoms with E-state index < -0.39 is 12.6 Å². The van der Waals surface area contributed by atoms with E-state index in [9.17, 15) is 9.59 Å². The fraction of sp³-hybridized carbons (Fsp3) is 0.263. The summed E-state index contributed by atoms with van der Waals surface area (Å²) in [6.45, 7) is 3.56. The highest BCUT2D eigenvalue weighted by atomic mass is 16.5. The van der Waals surface area contributed by atoms with Crippen molar-refractivity contribution in [3.8, 4) is 5.75 Å². The lowest BCUT2D eigenvalue weighted by Crippen LogP contribution is -2.30. The van der Waals surface area contributed by atoms with E-state index in [4.69, 9.17) is 9.84 Å². The van der Waals surface area contributed by atoms with Crippen molar-refractivity contribution in [2.75, 3.05) is 13.7 Å². The maximum Gasteiger partial charge on any atom is 0.341 e. The molecule has 1 amide bonds. The zero-order valence-electron chi connectivity index (χ0n) is 14.0. The molecule has 0 fully saturated rings. The number of carbonyl (C=O) groups excluding carboxylic acids is 1. The van der Waals surface area contributed by atoms with Gasteiger partial charge in [-0.3, -0.25) is 4.79 Å². The van der Waals surface area contributed by atoms with Gasteiger partial charge in [0.25, 0.3) is 5.91 Å². The summed E-state index contributed by atoms with van der Waals surface area (Å²) in [6, 6.07) is 14.4. The summed E-state index contributed by atoms with van der Waals surface area (Å²) in [5.74, 6) is -0.844. The zero-order chi connectivity index (χ0) is 17.7. The van der Waals surface area contributed by atoms with Crippen LogP contribution >= 0.6 is 0 Å². The highest BCUT2D eigenvalue weighted by Crippen LogP contribution is 2.24. The number of aryl methyl sites for hydroxylation is 1. The average Bonchev–Trinajstić information content (AvgIpc) is 2.58. The molecule has 2 rings (SSSR count). The second kappa shape index (κ2) is 7.64. The fourth-order valence-corrected chi connectivity index (χ4v) is 2.51. The molecule has 24 heavy (non-hydrogen) atoms. The number of hydrogen-bond donors (Lipinski definition) is 1. The molecule has 1 N–H and O–H groups in total. The Labute approximate surface area is 141 Å². The molecule has 0 radical (unpaired) electrons. The van der Waals surface area contributed by atoms with Crippen LogP contribution in [0.25, 0.3) is 0 Å². The van der Waals surface area contributed by atoms with Gasteiger partial charge < -0.3 is 14.7 Å². The number of carboxylic acid groups (broad SMARTS) is 1. The van der Waals surface area contributed by atoms with Crippen LogP contribution in [0.2, 0.25) is 0 Å². The Bertz CT molecular complexity index is 742. The topological polar surface area (TPSA) is 66.8 Å². The largest absolute Gasteiger partial charge is 0.482 e. The molecule has 126 valence electrons. The van der Waals surface area contributed by atoms with Gasteiger partial charge in [0.05, 0.1) is 6.04 Å². The average molecular weight is 327 g/mol. The summed E-state index contributed by atoms with van der Waals surface area (Å²) in [7, 11) is 1.75. The summed E-state index contributed by atoms with van der Waals surface area (Å²) in [6.07, 6.45) is 0. The number of carbonyl (C=O) groups is 2. The monoisotopic (exact) mass is 327 g/mol. The van der Waals surface area contributed by atoms with Crippen LogP contribution in [0.5, 0.6) is 5.75 Å². The summed E-state index contributed by atoms with van der Waals surface area (Å²) in [5, 5.41) is 8.67. The third kappa shape index (κ3) is 4.13. The number of nitrogens with zero attached hydrogens (tertiary/aromatic N) is 1. The van der Waals surface area contributed by atoms with Gasteiger partial charge in [-0.25, -0.2) is 4.79 Å². The molecule has 0 spiro atoms. The van der Waals surface area contributed by atoms with E-state index in [-0.39, 0.29) is 11.9 Å². The number of rotatable bonds is 6. The van der Waals surface area contributed by atoms with Crippen LogP contribution < -0.4 is 4.74 Å². The van der Waals surface area contributed by atoms with Gasteiger partial charge in [0, 0.05) is 12.6 Å². The van der Waals surface area contributed by atoms with E-state index in [1.807, 2.05) is 38.1 Å². The Hall–Kier alpha value is -2.82. The first kappa shape index (κ1) is 17.5. The van der Waals surface area contributed by atoms with Crippen molar-refractivity contribution in [3.05, 3.63) is 65.2 Å². The van der Waals surface area contributed by atoms with Crippen LogP contribution in [-0.4, -0.2) is 35.5 Å². The van der Waals surface area contributed by atoms with Crippen molar-refractivity contribution in [2.24, 2.45) is 0 Å². The molecule has 1 unspecified atom stereocenters. The number of amides is 1. The maximum atomic E-state index is 12.7. The van der Waals surface area contributed by atoms with Gasteiger partial charge in [-0.2, -0.15) is 0 Å². The molecule has 0 aromatic heterocycles. The van der Waals surface area contributed by atoms with Crippen LogP contribution in [0.4, 0.5) is 0 Å². The second-order valence-electron chi connectivity index (χ2n) is 5.66. The van der Waals surface area contributed by atoms with Crippen LogP contribution in [0.1, 0.15) is 34.5 Å². The molecule has 5 heteroatoms. The number of benzene rings is 2. The van der Waals surface area contributed by atoms with Crippen molar-refractivity contribution in [3.63, 3.8) is 0 Å². The predicted octanol–water partition coefficient (Wildman–Crippen LogP) is 3.29. The molecule has 2 aromatic carbocycles. The number of aliphatic carboxylic acids is 1. The second-order valence-corrected chi connectivity index (χ2v) is 5.66. The molecule has 0 aliphatic heterocycles. The number of ether oxygens (including phenoxy) is 1. The van der Waals surface area contributed by atoms with Gasteiger partial charge in [0.2, 0.25) is 0 Å². The van der Waals surface area contributed by atoms with E-state index in [1.165, 1.54) is 0 Å². The van der Waals surface area contributed by atoms with Crippen molar-refractivity contribution in [1.29, 1.82) is 0 Å². The zero-order valence-corrected chi connectivity index (χ0v) is 14.0. The normalized spacial score (nSPS) is 11.6. The molecular formula is C19H21NO4. The molecule has 0 aliphatic rings. The minimum atomic E-state index is -1.06. The Morgan fingerprint density at radius 2 is 1.88 bits per heavy atom. The summed E-state index contributed by atoms with van der Waals surface area (Å²) < 4.78 is 5.13. The Kier molecular flexibility index (Phi) is 5.58. The van der Waals surface area contributed by atoms with E-state index >= 15 is 0 Å². The van der Waals surface area contributed by atoms with Crippen molar-refractivity contribution in [2.45, 2.75) is 19.9 Å². The summed E-state index contributed by atoms with van der Waals surface area (Å²) >= 11 is 0. The molecule has 0 saturated carbocycles. The first-order chi connectivity index (χ1) is 11.4. The third-order valence-corrected chi connectivity index (χ3v) is 3.98. The summed E-state index contributed by atoms with van der Waals surface area (Å²) in [5.41, 5.74) is 2.68. The standard InChI is InChI=1S/C19H21NO4/c1-13-7-4-5-10-17(13)14(2)20(3)19(23)15-8-6-9-16(11-15)24-12-18(21)22/h4-11,14H,12H2,1-3H3,(H,21,22). The van der Waals surface area contributed by atoms with E-state index in [0.29, 0.717) is 11.3 Å². The first-order valence-electron chi connectivity index (χ1n) is 7.67. The van der Waals surface area contributed by atoms with Gasteiger partial charge >= 0.3 is 5.97 Å². The van der Waals surface area contributed by atoms with Gasteiger partial charge in [0.15, 0.2) is 6.61 Å². The smallest absolute Gasteiger partial charge is 0.341 e. The van der Waals surface area contributed by atoms with Crippen LogP contribution in [-0.2, 0) is 4.79 Å². The van der Waals surface area contributed by atoms with Gasteiger partial charge in [-0.1, -0.05) is 30.3 Å². The van der Waals surface area contributed by atoms with E-state index in [2.05, 4.69) is 0 Å². The van der Waals surface area contributed by atoms with Gasteiger partial charge in [-0.15, -0.1) is 0 Å². The van der Waals surface area contributed by atoms with Crippen molar-refractivity contribution >= 4 is 11.9 Å². The highest BCUT2D eigenvalue weighted by Gasteiger charge is 2.20. The summed E-state index contributed by atoms with van der Waals surface area (Å²) in [4.78, 5) is 25.0. The van der Waals surface area contributed by atoms with Crippen LogP contribution in [0.3, 0.4) is 0 Å². The molecule has 0 aliphatic carbocycles. The Morgan fingerprint density at radius 3 is 2.54 bits per heavy atom. The Balaban J connectivity index is 2.17. The quantitative estimate of drug-likeness (QED) is 0.884. The van der Waals surface area contributed by atoms with E-state index in [0.717, 1.165) is 11.1 Å². The molecular weight excluding hydrogens is 306 g/mol. The molecule has 2 aromatic rings. The van der Waals surface area contributed by atoms with Gasteiger partial charge in [-0.05, 0) is 43.2 Å². The van der Waals surface area contributed by atoms with Crippen LogP contribution in [0, 0.1) is 6.92 Å². The van der Waals surface area contributed by atoms with E-state index in [1.54, 1.807) is 36.2 Å². The number of hydrogen-bond acceptors (Lipinski definition) is 3. The molecule has 5 nitrogen and oxygen atoms in total. The minimum absolute atomic E-state index is 0.0812. The predicted molar refractivity (Wildman–Crippen MR) is 91.3 cm³/mol. The van der Waals surface area contributed by atoms with Crippen LogP contribution in [0.15, 0.2) is 48.5 Å². The minimum Gasteiger partial charge on any atom is -0.482 e. The molecule has 0 heterocycles. The lowest BCUT2D eigenvalue weighted by Gasteiger charge is -2.26. The highest BCUT2D eigenvalue weighted by molar-refractivity contribution is 5.94. The molecule has 1 atom stereocenters. The number of carboxylic acids is 1. The lowest BCUT2D eigenvalue weighted by molar-refractivity contribution is -0.139. The van der Waals surface area contributed by atoms with Crippen molar-refractivity contribution in [1.82, 2.24) is 4.90 Å². The lowest BCUT2D eigenvalue weighted by atomic mass is 10.0. The Morgan fingerprint density at radius 1 is 1.17 bits per heavy atom. The fourth-order valence-electron chi connectivity index (χ4n) is 2.51.